The van der Waals surface area contributed by atoms with Gasteiger partial charge in [0.05, 0.1) is 7.11 Å². The first-order valence-electron chi connectivity index (χ1n) is 9.33. The van der Waals surface area contributed by atoms with Gasteiger partial charge in [-0.25, -0.2) is 4.98 Å². The average molecular weight is 360 g/mol. The van der Waals surface area contributed by atoms with Crippen molar-refractivity contribution in [1.29, 1.82) is 0 Å². The number of aromatic nitrogens is 2. The summed E-state index contributed by atoms with van der Waals surface area (Å²) in [5.74, 6) is 2.54. The zero-order chi connectivity index (χ0) is 18.5. The number of nitrogens with one attached hydrogen (secondary N) is 1. The molecule has 1 aromatic heterocycles. The van der Waals surface area contributed by atoms with E-state index in [9.17, 15) is 0 Å². The van der Waals surface area contributed by atoms with Gasteiger partial charge in [0.25, 0.3) is 0 Å². The maximum absolute atomic E-state index is 5.28. The van der Waals surface area contributed by atoms with E-state index in [1.165, 1.54) is 16.7 Å². The summed E-state index contributed by atoms with van der Waals surface area (Å²) in [5.41, 5.74) is 4.06. The van der Waals surface area contributed by atoms with Crippen molar-refractivity contribution in [1.82, 2.24) is 9.97 Å². The summed E-state index contributed by atoms with van der Waals surface area (Å²) in [6, 6.07) is 18.8. The maximum Gasteiger partial charge on any atom is 0.224 e. The third kappa shape index (κ3) is 4.19. The van der Waals surface area contributed by atoms with Crippen molar-refractivity contribution < 1.29 is 4.74 Å². The Bertz CT molecular complexity index is 912. The highest BCUT2D eigenvalue weighted by atomic mass is 16.5. The van der Waals surface area contributed by atoms with Crippen LogP contribution in [0.1, 0.15) is 16.7 Å². The topological polar surface area (TPSA) is 50.3 Å². The van der Waals surface area contributed by atoms with Gasteiger partial charge in [0, 0.05) is 25.8 Å². The quantitative estimate of drug-likeness (QED) is 0.726. The lowest BCUT2D eigenvalue weighted by atomic mass is 10.00. The van der Waals surface area contributed by atoms with Crippen LogP contribution in [0, 0.1) is 0 Å². The molecule has 2 aromatic carbocycles. The monoisotopic (exact) mass is 360 g/mol. The number of benzene rings is 2. The van der Waals surface area contributed by atoms with Gasteiger partial charge in [-0.15, -0.1) is 0 Å². The zero-order valence-electron chi connectivity index (χ0n) is 15.6. The summed E-state index contributed by atoms with van der Waals surface area (Å²) >= 11 is 0. The molecule has 0 bridgehead atoms. The molecule has 1 aliphatic heterocycles. The lowest BCUT2D eigenvalue weighted by molar-refractivity contribution is 0.414. The molecule has 0 saturated carbocycles. The van der Waals surface area contributed by atoms with Gasteiger partial charge in [0.15, 0.2) is 0 Å². The molecule has 0 radical (unpaired) electrons. The van der Waals surface area contributed by atoms with Crippen LogP contribution in [0.15, 0.2) is 60.8 Å². The maximum atomic E-state index is 5.28. The van der Waals surface area contributed by atoms with Crippen molar-refractivity contribution in [3.8, 4) is 5.75 Å². The Labute approximate surface area is 160 Å². The third-order valence-electron chi connectivity index (χ3n) is 4.93. The van der Waals surface area contributed by atoms with Gasteiger partial charge in [-0.2, -0.15) is 4.98 Å². The minimum absolute atomic E-state index is 0.675. The van der Waals surface area contributed by atoms with Gasteiger partial charge in [-0.05, 0) is 47.7 Å². The van der Waals surface area contributed by atoms with Gasteiger partial charge in [0.2, 0.25) is 5.95 Å². The standard InChI is InChI=1S/C22H24N4O/c1-27-20-8-4-5-17(15-20)9-12-23-22-24-13-10-21(25-22)26-14-11-18-6-2-3-7-19(18)16-26/h2-8,10,13,15H,9,11-12,14,16H2,1H3,(H,23,24,25). The van der Waals surface area contributed by atoms with Gasteiger partial charge >= 0.3 is 0 Å². The first kappa shape index (κ1) is 17.3. The van der Waals surface area contributed by atoms with Gasteiger partial charge in [-0.1, -0.05) is 36.4 Å². The van der Waals surface area contributed by atoms with Gasteiger partial charge in [0.1, 0.15) is 11.6 Å². The second-order valence-electron chi connectivity index (χ2n) is 6.71. The Hall–Kier alpha value is -3.08. The van der Waals surface area contributed by atoms with Crippen LogP contribution in [0.2, 0.25) is 0 Å². The first-order valence-corrected chi connectivity index (χ1v) is 9.33. The van der Waals surface area contributed by atoms with Crippen molar-refractivity contribution in [2.24, 2.45) is 0 Å². The van der Waals surface area contributed by atoms with Crippen molar-refractivity contribution >= 4 is 11.8 Å². The molecule has 1 aliphatic rings. The molecule has 0 amide bonds. The number of anilines is 2. The Morgan fingerprint density at radius 3 is 2.85 bits per heavy atom. The van der Waals surface area contributed by atoms with E-state index in [1.807, 2.05) is 24.4 Å². The van der Waals surface area contributed by atoms with Gasteiger partial charge in [-0.3, -0.25) is 0 Å². The lowest BCUT2D eigenvalue weighted by Crippen LogP contribution is -2.31. The summed E-state index contributed by atoms with van der Waals surface area (Å²) < 4.78 is 5.28. The Balaban J connectivity index is 1.38. The lowest BCUT2D eigenvalue weighted by Gasteiger charge is -2.29. The smallest absolute Gasteiger partial charge is 0.224 e. The highest BCUT2D eigenvalue weighted by molar-refractivity contribution is 5.46. The molecule has 0 unspecified atom stereocenters. The van der Waals surface area contributed by atoms with E-state index in [1.54, 1.807) is 7.11 Å². The summed E-state index contributed by atoms with van der Waals surface area (Å²) in [4.78, 5) is 11.4. The van der Waals surface area contributed by atoms with Crippen LogP contribution >= 0.6 is 0 Å². The second-order valence-corrected chi connectivity index (χ2v) is 6.71. The Kier molecular flexibility index (Phi) is 5.19. The number of ether oxygens (including phenoxy) is 1. The van der Waals surface area contributed by atoms with E-state index in [-0.39, 0.29) is 0 Å². The molecular weight excluding hydrogens is 336 g/mol. The average Bonchev–Trinajstić information content (AvgIpc) is 2.74. The SMILES string of the molecule is COc1cccc(CCNc2nccc(N3CCc4ccccc4C3)n2)c1. The molecule has 4 rings (SSSR count). The summed E-state index contributed by atoms with van der Waals surface area (Å²) in [6.45, 7) is 2.66. The van der Waals surface area contributed by atoms with Crippen LogP contribution in [0.4, 0.5) is 11.8 Å². The fourth-order valence-corrected chi connectivity index (χ4v) is 3.45. The third-order valence-corrected chi connectivity index (χ3v) is 4.93. The molecule has 0 saturated heterocycles. The molecule has 2 heterocycles. The number of hydrogen-bond donors (Lipinski definition) is 1. The molecule has 3 aromatic rings. The molecule has 5 heteroatoms. The van der Waals surface area contributed by atoms with Crippen LogP contribution in [0.3, 0.4) is 0 Å². The van der Waals surface area contributed by atoms with E-state index in [0.717, 1.165) is 44.0 Å². The van der Waals surface area contributed by atoms with Crippen LogP contribution < -0.4 is 15.0 Å². The van der Waals surface area contributed by atoms with Crippen molar-refractivity contribution in [3.63, 3.8) is 0 Å². The van der Waals surface area contributed by atoms with E-state index < -0.39 is 0 Å². The Morgan fingerprint density at radius 1 is 1.07 bits per heavy atom. The fraction of sp³-hybridized carbons (Fsp3) is 0.273. The molecule has 0 fully saturated rings. The minimum Gasteiger partial charge on any atom is -0.497 e. The van der Waals surface area contributed by atoms with Crippen LogP contribution in [-0.4, -0.2) is 30.2 Å². The van der Waals surface area contributed by atoms with Crippen LogP contribution in [0.5, 0.6) is 5.75 Å². The zero-order valence-corrected chi connectivity index (χ0v) is 15.6. The normalized spacial score (nSPS) is 13.1. The Morgan fingerprint density at radius 2 is 1.96 bits per heavy atom. The highest BCUT2D eigenvalue weighted by Gasteiger charge is 2.17. The summed E-state index contributed by atoms with van der Waals surface area (Å²) in [7, 11) is 1.69. The molecule has 0 spiro atoms. The van der Waals surface area contributed by atoms with Crippen molar-refractivity contribution in [3.05, 3.63) is 77.5 Å². The van der Waals surface area contributed by atoms with E-state index in [2.05, 4.69) is 51.6 Å². The van der Waals surface area contributed by atoms with Crippen molar-refractivity contribution in [2.45, 2.75) is 19.4 Å². The first-order chi connectivity index (χ1) is 13.3. The van der Waals surface area contributed by atoms with Crippen LogP contribution in [-0.2, 0) is 19.4 Å². The van der Waals surface area contributed by atoms with E-state index in [0.29, 0.717) is 5.95 Å². The number of fused-ring (bicyclic) bond motifs is 1. The van der Waals surface area contributed by atoms with E-state index in [4.69, 9.17) is 9.72 Å². The predicted octanol–water partition coefficient (Wildman–Crippen LogP) is 3.70. The molecule has 1 N–H and O–H groups in total. The number of rotatable bonds is 6. The molecule has 0 atom stereocenters. The molecule has 5 nitrogen and oxygen atoms in total. The highest BCUT2D eigenvalue weighted by Crippen LogP contribution is 2.23. The molecule has 0 aliphatic carbocycles. The molecule has 138 valence electrons. The summed E-state index contributed by atoms with van der Waals surface area (Å²) in [6.07, 6.45) is 3.78. The van der Waals surface area contributed by atoms with Gasteiger partial charge < -0.3 is 15.0 Å². The largest absolute Gasteiger partial charge is 0.497 e. The second kappa shape index (κ2) is 8.08. The molecule has 27 heavy (non-hydrogen) atoms. The number of methoxy groups -OCH3 is 1. The van der Waals surface area contributed by atoms with Crippen LogP contribution in [0.25, 0.3) is 0 Å². The van der Waals surface area contributed by atoms with E-state index >= 15 is 0 Å². The number of nitrogens with zero attached hydrogens (tertiary/aromatic N) is 3. The minimum atomic E-state index is 0.675. The number of hydrogen-bond acceptors (Lipinski definition) is 5. The van der Waals surface area contributed by atoms with Crippen molar-refractivity contribution in [2.75, 3.05) is 30.4 Å². The molecular formula is C22H24N4O. The summed E-state index contributed by atoms with van der Waals surface area (Å²) in [5, 5.41) is 3.34. The predicted molar refractivity (Wildman–Crippen MR) is 108 cm³/mol. The fourth-order valence-electron chi connectivity index (χ4n) is 3.45.